The summed E-state index contributed by atoms with van der Waals surface area (Å²) < 4.78 is 7.76. The molecule has 0 saturated carbocycles. The largest absolute Gasteiger partial charge is 0.467 e. The molecule has 0 radical (unpaired) electrons. The zero-order valence-corrected chi connectivity index (χ0v) is 10.7. The highest BCUT2D eigenvalue weighted by Gasteiger charge is 2.19. The molecule has 1 aliphatic carbocycles. The molecule has 4 rings (SSSR count). The molecule has 0 fully saturated rings. The predicted molar refractivity (Wildman–Crippen MR) is 75.1 cm³/mol. The summed E-state index contributed by atoms with van der Waals surface area (Å²) >= 11 is 0. The topological polar surface area (TPSA) is 18.1 Å². The second-order valence-corrected chi connectivity index (χ2v) is 5.05. The Morgan fingerprint density at radius 2 is 1.84 bits per heavy atom. The second-order valence-electron chi connectivity index (χ2n) is 5.05. The maximum Gasteiger partial charge on any atom is 0.123 e. The standard InChI is InChI=1S/C17H15NO/c1-2-6-16-13(4-1)7-8-14-9-10-18(17(14)16)12-15-5-3-11-19-15/h1-6,9-11H,7-8,12H2. The number of aromatic nitrogens is 1. The van der Waals surface area contributed by atoms with E-state index in [0.717, 1.165) is 25.1 Å². The van der Waals surface area contributed by atoms with Crippen molar-refractivity contribution in [3.63, 3.8) is 0 Å². The predicted octanol–water partition coefficient (Wildman–Crippen LogP) is 3.90. The van der Waals surface area contributed by atoms with Crippen LogP contribution < -0.4 is 0 Å². The first kappa shape index (κ1) is 10.7. The lowest BCUT2D eigenvalue weighted by Gasteiger charge is -2.19. The number of hydrogen-bond donors (Lipinski definition) is 0. The SMILES string of the molecule is c1coc(Cn2ccc3c2-c2ccccc2CC3)c1. The fraction of sp³-hybridized carbons (Fsp3) is 0.176. The molecule has 2 nitrogen and oxygen atoms in total. The van der Waals surface area contributed by atoms with Crippen molar-refractivity contribution in [1.29, 1.82) is 0 Å². The molecule has 94 valence electrons. The van der Waals surface area contributed by atoms with E-state index in [1.807, 2.05) is 12.1 Å². The molecule has 0 N–H and O–H groups in total. The number of nitrogens with zero attached hydrogens (tertiary/aromatic N) is 1. The zero-order valence-electron chi connectivity index (χ0n) is 10.7. The van der Waals surface area contributed by atoms with Crippen LogP contribution in [0.2, 0.25) is 0 Å². The third-order valence-corrected chi connectivity index (χ3v) is 3.89. The lowest BCUT2D eigenvalue weighted by Crippen LogP contribution is -2.07. The van der Waals surface area contributed by atoms with Crippen molar-refractivity contribution in [2.24, 2.45) is 0 Å². The highest BCUT2D eigenvalue weighted by atomic mass is 16.3. The molecule has 1 aromatic carbocycles. The van der Waals surface area contributed by atoms with E-state index in [-0.39, 0.29) is 0 Å². The molecule has 0 atom stereocenters. The summed E-state index contributed by atoms with van der Waals surface area (Å²) in [5.41, 5.74) is 5.64. The van der Waals surface area contributed by atoms with E-state index in [9.17, 15) is 0 Å². The van der Waals surface area contributed by atoms with Crippen molar-refractivity contribution in [3.8, 4) is 11.3 Å². The van der Waals surface area contributed by atoms with Crippen molar-refractivity contribution in [3.05, 3.63) is 71.8 Å². The average molecular weight is 249 g/mol. The fourth-order valence-corrected chi connectivity index (χ4v) is 2.99. The molecule has 19 heavy (non-hydrogen) atoms. The van der Waals surface area contributed by atoms with E-state index in [4.69, 9.17) is 4.42 Å². The summed E-state index contributed by atoms with van der Waals surface area (Å²) in [6.07, 6.45) is 6.19. The van der Waals surface area contributed by atoms with Gasteiger partial charge >= 0.3 is 0 Å². The van der Waals surface area contributed by atoms with Crippen molar-refractivity contribution >= 4 is 0 Å². The lowest BCUT2D eigenvalue weighted by atomic mass is 9.90. The maximum atomic E-state index is 5.46. The Labute approximate surface area is 112 Å². The van der Waals surface area contributed by atoms with Gasteiger partial charge in [-0.05, 0) is 42.2 Å². The fourth-order valence-electron chi connectivity index (χ4n) is 2.99. The average Bonchev–Trinajstić information content (AvgIpc) is 3.09. The van der Waals surface area contributed by atoms with Gasteiger partial charge in [0.15, 0.2) is 0 Å². The van der Waals surface area contributed by atoms with Crippen LogP contribution in [0.3, 0.4) is 0 Å². The smallest absolute Gasteiger partial charge is 0.123 e. The van der Waals surface area contributed by atoms with Gasteiger partial charge in [-0.2, -0.15) is 0 Å². The Hall–Kier alpha value is -2.22. The molecule has 2 aromatic heterocycles. The van der Waals surface area contributed by atoms with Crippen LogP contribution in [-0.2, 0) is 19.4 Å². The first-order chi connectivity index (χ1) is 9.42. The first-order valence-corrected chi connectivity index (χ1v) is 6.70. The Morgan fingerprint density at radius 3 is 2.74 bits per heavy atom. The molecular formula is C17H15NO. The van der Waals surface area contributed by atoms with Crippen LogP contribution in [0.5, 0.6) is 0 Å². The molecule has 0 bridgehead atoms. The Bertz CT molecular complexity index is 707. The summed E-state index contributed by atoms with van der Waals surface area (Å²) in [5, 5.41) is 0. The van der Waals surface area contributed by atoms with Gasteiger partial charge in [-0.3, -0.25) is 0 Å². The number of benzene rings is 1. The minimum Gasteiger partial charge on any atom is -0.467 e. The second kappa shape index (κ2) is 4.16. The molecule has 0 saturated heterocycles. The molecular weight excluding hydrogens is 234 g/mol. The molecule has 1 aliphatic rings. The molecule has 0 aliphatic heterocycles. The Balaban J connectivity index is 1.83. The van der Waals surface area contributed by atoms with Crippen molar-refractivity contribution in [1.82, 2.24) is 4.57 Å². The zero-order chi connectivity index (χ0) is 12.7. The maximum absolute atomic E-state index is 5.46. The quantitative estimate of drug-likeness (QED) is 0.673. The van der Waals surface area contributed by atoms with Gasteiger partial charge in [0, 0.05) is 11.8 Å². The van der Waals surface area contributed by atoms with Crippen LogP contribution in [0.15, 0.2) is 59.3 Å². The van der Waals surface area contributed by atoms with E-state index in [0.29, 0.717) is 0 Å². The first-order valence-electron chi connectivity index (χ1n) is 6.70. The normalized spacial score (nSPS) is 13.1. The van der Waals surface area contributed by atoms with Gasteiger partial charge in [-0.15, -0.1) is 0 Å². The number of aryl methyl sites for hydroxylation is 2. The third kappa shape index (κ3) is 1.72. The summed E-state index contributed by atoms with van der Waals surface area (Å²) in [6, 6.07) is 14.9. The summed E-state index contributed by atoms with van der Waals surface area (Å²) in [5.74, 6) is 1.00. The van der Waals surface area contributed by atoms with Crippen molar-refractivity contribution < 1.29 is 4.42 Å². The van der Waals surface area contributed by atoms with Gasteiger partial charge in [0.1, 0.15) is 5.76 Å². The third-order valence-electron chi connectivity index (χ3n) is 3.89. The van der Waals surface area contributed by atoms with E-state index >= 15 is 0 Å². The highest BCUT2D eigenvalue weighted by Crippen LogP contribution is 2.34. The molecule has 2 heterocycles. The van der Waals surface area contributed by atoms with Crippen molar-refractivity contribution in [2.45, 2.75) is 19.4 Å². The van der Waals surface area contributed by atoms with E-state index in [2.05, 4.69) is 41.1 Å². The number of rotatable bonds is 2. The van der Waals surface area contributed by atoms with Crippen LogP contribution in [0.25, 0.3) is 11.3 Å². The van der Waals surface area contributed by atoms with Gasteiger partial charge in [0.2, 0.25) is 0 Å². The van der Waals surface area contributed by atoms with Crippen LogP contribution >= 0.6 is 0 Å². The Kier molecular flexibility index (Phi) is 2.34. The minimum atomic E-state index is 0.802. The summed E-state index contributed by atoms with van der Waals surface area (Å²) in [4.78, 5) is 0. The Morgan fingerprint density at radius 1 is 0.947 bits per heavy atom. The van der Waals surface area contributed by atoms with E-state index < -0.39 is 0 Å². The lowest BCUT2D eigenvalue weighted by molar-refractivity contribution is 0.494. The van der Waals surface area contributed by atoms with Gasteiger partial charge in [-0.1, -0.05) is 24.3 Å². The van der Waals surface area contributed by atoms with Crippen molar-refractivity contribution in [2.75, 3.05) is 0 Å². The molecule has 3 aromatic rings. The monoisotopic (exact) mass is 249 g/mol. The minimum absolute atomic E-state index is 0.802. The van der Waals surface area contributed by atoms with Crippen LogP contribution in [0.1, 0.15) is 16.9 Å². The summed E-state index contributed by atoms with van der Waals surface area (Å²) in [7, 11) is 0. The highest BCUT2D eigenvalue weighted by molar-refractivity contribution is 5.70. The van der Waals surface area contributed by atoms with Crippen LogP contribution in [-0.4, -0.2) is 4.57 Å². The number of fused-ring (bicyclic) bond motifs is 3. The van der Waals surface area contributed by atoms with Crippen LogP contribution in [0.4, 0.5) is 0 Å². The molecule has 0 unspecified atom stereocenters. The number of hydrogen-bond acceptors (Lipinski definition) is 1. The van der Waals surface area contributed by atoms with E-state index in [1.54, 1.807) is 6.26 Å². The van der Waals surface area contributed by atoms with Crippen LogP contribution in [0, 0.1) is 0 Å². The van der Waals surface area contributed by atoms with Gasteiger partial charge in [-0.25, -0.2) is 0 Å². The number of furan rings is 1. The summed E-state index contributed by atoms with van der Waals surface area (Å²) in [6.45, 7) is 0.802. The molecule has 0 amide bonds. The van der Waals surface area contributed by atoms with Gasteiger partial charge in [0.05, 0.1) is 18.5 Å². The van der Waals surface area contributed by atoms with Gasteiger partial charge < -0.3 is 8.98 Å². The van der Waals surface area contributed by atoms with Gasteiger partial charge in [0.25, 0.3) is 0 Å². The molecule has 2 heteroatoms. The van der Waals surface area contributed by atoms with E-state index in [1.165, 1.54) is 22.4 Å². The molecule has 0 spiro atoms.